The Morgan fingerprint density at radius 1 is 1.21 bits per heavy atom. The van der Waals surface area contributed by atoms with Crippen LogP contribution < -0.4 is 16.0 Å². The Kier molecular flexibility index (Phi) is 6.34. The van der Waals surface area contributed by atoms with E-state index in [4.69, 9.17) is 4.52 Å². The number of carbonyl (C=O) groups is 1. The van der Waals surface area contributed by atoms with Crippen molar-refractivity contribution in [2.24, 2.45) is 11.8 Å². The first-order chi connectivity index (χ1) is 13.8. The van der Waals surface area contributed by atoms with Crippen LogP contribution in [0.1, 0.15) is 31.5 Å². The third-order valence-corrected chi connectivity index (χ3v) is 5.79. The van der Waals surface area contributed by atoms with E-state index in [9.17, 15) is 4.79 Å². The van der Waals surface area contributed by atoms with Gasteiger partial charge in [0.2, 0.25) is 5.91 Å². The summed E-state index contributed by atoms with van der Waals surface area (Å²) in [6.07, 6.45) is 4.46. The van der Waals surface area contributed by atoms with Gasteiger partial charge in [-0.2, -0.15) is 4.98 Å². The van der Waals surface area contributed by atoms with Crippen LogP contribution in [0.25, 0.3) is 11.5 Å². The molecule has 7 heteroatoms. The number of fused-ring (bicyclic) bond motifs is 2. The van der Waals surface area contributed by atoms with Crippen LogP contribution in [0.3, 0.4) is 0 Å². The van der Waals surface area contributed by atoms with E-state index in [0.717, 1.165) is 44.0 Å². The Morgan fingerprint density at radius 2 is 2.11 bits per heavy atom. The molecule has 1 aromatic heterocycles. The molecule has 0 unspecified atom stereocenters. The molecule has 0 spiro atoms. The maximum Gasteiger partial charge on any atom is 0.257 e. The minimum Gasteiger partial charge on any atom is -0.356 e. The lowest BCUT2D eigenvalue weighted by Crippen LogP contribution is -2.54. The van der Waals surface area contributed by atoms with E-state index < -0.39 is 0 Å². The summed E-state index contributed by atoms with van der Waals surface area (Å²) in [6.45, 7) is 3.89. The van der Waals surface area contributed by atoms with Crippen LogP contribution in [0.5, 0.6) is 0 Å². The largest absolute Gasteiger partial charge is 0.356 e. The zero-order chi connectivity index (χ0) is 19.2. The van der Waals surface area contributed by atoms with Crippen molar-refractivity contribution in [2.75, 3.05) is 26.2 Å². The molecule has 0 aliphatic carbocycles. The summed E-state index contributed by atoms with van der Waals surface area (Å²) in [6, 6.07) is 10.2. The average Bonchev–Trinajstić information content (AvgIpc) is 3.20. The van der Waals surface area contributed by atoms with Crippen molar-refractivity contribution in [3.05, 3.63) is 36.2 Å². The summed E-state index contributed by atoms with van der Waals surface area (Å²) in [5, 5.41) is 14.2. The summed E-state index contributed by atoms with van der Waals surface area (Å²) in [7, 11) is 0. The van der Waals surface area contributed by atoms with Crippen LogP contribution in [0.4, 0.5) is 0 Å². The second-order valence-electron chi connectivity index (χ2n) is 7.91. The summed E-state index contributed by atoms with van der Waals surface area (Å²) in [5.41, 5.74) is 0.904. The van der Waals surface area contributed by atoms with Crippen molar-refractivity contribution in [1.82, 2.24) is 26.1 Å². The van der Waals surface area contributed by atoms with E-state index in [2.05, 4.69) is 26.1 Å². The van der Waals surface area contributed by atoms with E-state index in [1.165, 1.54) is 6.42 Å². The van der Waals surface area contributed by atoms with Crippen molar-refractivity contribution in [2.45, 2.75) is 38.1 Å². The average molecular weight is 383 g/mol. The molecule has 1 amide bonds. The van der Waals surface area contributed by atoms with Crippen LogP contribution in [-0.2, 0) is 11.2 Å². The predicted octanol–water partition coefficient (Wildman–Crippen LogP) is 1.76. The first-order valence-electron chi connectivity index (χ1n) is 10.4. The van der Waals surface area contributed by atoms with E-state index in [0.29, 0.717) is 43.1 Å². The molecule has 2 aliphatic heterocycles. The predicted molar refractivity (Wildman–Crippen MR) is 107 cm³/mol. The standard InChI is InChI=1S/C21H29N5O2/c27-20(8-4-7-18-17-11-15(13-24-18)12-22-14-17)23-10-9-19-25-21(28-26-19)16-5-2-1-3-6-16/h1-3,5-6,15,17-18,22,24H,4,7-14H2,(H,23,27)/t15-,17+,18-/m0/s1. The molecule has 1 aromatic carbocycles. The van der Waals surface area contributed by atoms with Gasteiger partial charge >= 0.3 is 0 Å². The number of benzene rings is 1. The fourth-order valence-corrected chi connectivity index (χ4v) is 4.29. The highest BCUT2D eigenvalue weighted by Crippen LogP contribution is 2.26. The number of rotatable bonds is 8. The molecule has 2 bridgehead atoms. The quantitative estimate of drug-likeness (QED) is 0.643. The van der Waals surface area contributed by atoms with Crippen molar-refractivity contribution >= 4 is 5.91 Å². The molecule has 0 radical (unpaired) electrons. The Morgan fingerprint density at radius 3 is 3.00 bits per heavy atom. The Balaban J connectivity index is 1.13. The molecule has 28 heavy (non-hydrogen) atoms. The number of nitrogens with zero attached hydrogens (tertiary/aromatic N) is 2. The summed E-state index contributed by atoms with van der Waals surface area (Å²) in [4.78, 5) is 16.5. The van der Waals surface area contributed by atoms with Crippen LogP contribution in [0, 0.1) is 11.8 Å². The second-order valence-corrected chi connectivity index (χ2v) is 7.91. The smallest absolute Gasteiger partial charge is 0.257 e. The number of aromatic nitrogens is 2. The van der Waals surface area contributed by atoms with Gasteiger partial charge in [0.15, 0.2) is 5.82 Å². The Bertz CT molecular complexity index is 763. The Labute approximate surface area is 165 Å². The molecule has 3 heterocycles. The van der Waals surface area contributed by atoms with Crippen molar-refractivity contribution in [1.29, 1.82) is 0 Å². The molecule has 7 nitrogen and oxygen atoms in total. The molecule has 3 N–H and O–H groups in total. The highest BCUT2D eigenvalue weighted by atomic mass is 16.5. The first-order valence-corrected chi connectivity index (χ1v) is 10.4. The van der Waals surface area contributed by atoms with Crippen molar-refractivity contribution in [3.63, 3.8) is 0 Å². The van der Waals surface area contributed by atoms with Crippen molar-refractivity contribution < 1.29 is 9.32 Å². The van der Waals surface area contributed by atoms with Gasteiger partial charge < -0.3 is 20.5 Å². The van der Waals surface area contributed by atoms with Gasteiger partial charge in [-0.15, -0.1) is 0 Å². The first kappa shape index (κ1) is 19.1. The van der Waals surface area contributed by atoms with Gasteiger partial charge in [-0.3, -0.25) is 4.79 Å². The van der Waals surface area contributed by atoms with Gasteiger partial charge in [0.25, 0.3) is 5.89 Å². The van der Waals surface area contributed by atoms with Gasteiger partial charge in [-0.25, -0.2) is 0 Å². The summed E-state index contributed by atoms with van der Waals surface area (Å²) in [5.74, 6) is 2.73. The third kappa shape index (κ3) is 4.97. The Hall–Kier alpha value is -2.25. The maximum absolute atomic E-state index is 12.1. The van der Waals surface area contributed by atoms with E-state index in [1.807, 2.05) is 30.3 Å². The monoisotopic (exact) mass is 383 g/mol. The third-order valence-electron chi connectivity index (χ3n) is 5.79. The molecular formula is C21H29N5O2. The lowest BCUT2D eigenvalue weighted by atomic mass is 9.80. The van der Waals surface area contributed by atoms with Gasteiger partial charge in [0, 0.05) is 31.0 Å². The SMILES string of the molecule is O=C(CCC[C@@H]1NC[C@@H]2CNC[C@H]1C2)NCCc1noc(-c2ccccc2)n1. The number of hydrogen-bond acceptors (Lipinski definition) is 6. The molecular weight excluding hydrogens is 354 g/mol. The van der Waals surface area contributed by atoms with Crippen LogP contribution in [0.2, 0.25) is 0 Å². The fourth-order valence-electron chi connectivity index (χ4n) is 4.29. The summed E-state index contributed by atoms with van der Waals surface area (Å²) < 4.78 is 5.29. The van der Waals surface area contributed by atoms with E-state index in [-0.39, 0.29) is 5.91 Å². The van der Waals surface area contributed by atoms with Crippen molar-refractivity contribution in [3.8, 4) is 11.5 Å². The second kappa shape index (κ2) is 9.30. The minimum absolute atomic E-state index is 0.0993. The van der Waals surface area contributed by atoms with Crippen LogP contribution >= 0.6 is 0 Å². The number of nitrogens with one attached hydrogen (secondary N) is 3. The van der Waals surface area contributed by atoms with E-state index >= 15 is 0 Å². The number of amides is 1. The van der Waals surface area contributed by atoms with Gasteiger partial charge in [-0.1, -0.05) is 23.4 Å². The van der Waals surface area contributed by atoms with Crippen LogP contribution in [0.15, 0.2) is 34.9 Å². The lowest BCUT2D eigenvalue weighted by molar-refractivity contribution is -0.121. The zero-order valence-electron chi connectivity index (χ0n) is 16.2. The molecule has 2 saturated heterocycles. The number of piperidine rings is 2. The summed E-state index contributed by atoms with van der Waals surface area (Å²) >= 11 is 0. The molecule has 2 fully saturated rings. The van der Waals surface area contributed by atoms with E-state index in [1.54, 1.807) is 0 Å². The van der Waals surface area contributed by atoms with Gasteiger partial charge in [-0.05, 0) is 62.9 Å². The van der Waals surface area contributed by atoms with Gasteiger partial charge in [0.1, 0.15) is 0 Å². The lowest BCUT2D eigenvalue weighted by Gasteiger charge is -2.41. The maximum atomic E-state index is 12.1. The number of hydrogen-bond donors (Lipinski definition) is 3. The highest BCUT2D eigenvalue weighted by molar-refractivity contribution is 5.75. The molecule has 3 atom stereocenters. The normalized spacial score (nSPS) is 24.1. The highest BCUT2D eigenvalue weighted by Gasteiger charge is 2.32. The molecule has 150 valence electrons. The fraction of sp³-hybridized carbons (Fsp3) is 0.571. The molecule has 4 rings (SSSR count). The topological polar surface area (TPSA) is 92.1 Å². The number of carbonyl (C=O) groups excluding carboxylic acids is 1. The molecule has 2 aliphatic rings. The van der Waals surface area contributed by atoms with Gasteiger partial charge in [0.05, 0.1) is 0 Å². The minimum atomic E-state index is 0.0993. The molecule has 0 saturated carbocycles. The molecule has 2 aromatic rings. The zero-order valence-corrected chi connectivity index (χ0v) is 16.2. The van der Waals surface area contributed by atoms with Crippen LogP contribution in [-0.4, -0.2) is 48.3 Å².